The van der Waals surface area contributed by atoms with Crippen molar-refractivity contribution in [3.05, 3.63) is 59.0 Å². The molecule has 1 heterocycles. The van der Waals surface area contributed by atoms with Crippen molar-refractivity contribution < 1.29 is 0 Å². The monoisotopic (exact) mass is 240 g/mol. The van der Waals surface area contributed by atoms with E-state index >= 15 is 0 Å². The normalized spacial score (nSPS) is 27.0. The van der Waals surface area contributed by atoms with Crippen molar-refractivity contribution in [2.75, 3.05) is 14.1 Å². The molecule has 0 fully saturated rings. The summed E-state index contributed by atoms with van der Waals surface area (Å²) in [6, 6.07) is 0. The summed E-state index contributed by atoms with van der Waals surface area (Å²) in [6.45, 7) is 4.40. The van der Waals surface area contributed by atoms with E-state index in [9.17, 15) is 0 Å². The molecule has 0 saturated heterocycles. The predicted molar refractivity (Wildman–Crippen MR) is 75.6 cm³/mol. The van der Waals surface area contributed by atoms with Crippen LogP contribution in [0, 0.1) is 5.92 Å². The summed E-state index contributed by atoms with van der Waals surface area (Å²) >= 11 is 0. The van der Waals surface area contributed by atoms with E-state index in [1.165, 1.54) is 22.5 Å². The number of likely N-dealkylation sites (N-methyl/N-ethyl adjacent to an activating group) is 2. The quantitative estimate of drug-likeness (QED) is 0.695. The minimum absolute atomic E-state index is 0.345. The smallest absolute Gasteiger partial charge is 0.127 e. The summed E-state index contributed by atoms with van der Waals surface area (Å²) in [7, 11) is 4.37. The van der Waals surface area contributed by atoms with Crippen LogP contribution in [0.1, 0.15) is 13.8 Å². The van der Waals surface area contributed by atoms with Crippen molar-refractivity contribution >= 4 is 0 Å². The summed E-state index contributed by atoms with van der Waals surface area (Å²) in [6.07, 6.45) is 13.7. The molecular weight excluding hydrogens is 220 g/mol. The van der Waals surface area contributed by atoms with Gasteiger partial charge in [-0.15, -0.1) is 0 Å². The fraction of sp³-hybridized carbons (Fsp3) is 0.375. The maximum absolute atomic E-state index is 2.37. The van der Waals surface area contributed by atoms with Crippen molar-refractivity contribution in [2.24, 2.45) is 5.92 Å². The first-order valence-electron chi connectivity index (χ1n) is 6.51. The molecule has 2 nitrogen and oxygen atoms in total. The Morgan fingerprint density at radius 1 is 0.833 bits per heavy atom. The third-order valence-corrected chi connectivity index (χ3v) is 4.47. The van der Waals surface area contributed by atoms with E-state index in [0.29, 0.717) is 12.1 Å². The molecule has 0 bridgehead atoms. The van der Waals surface area contributed by atoms with Crippen LogP contribution in [0.2, 0.25) is 0 Å². The van der Waals surface area contributed by atoms with Gasteiger partial charge < -0.3 is 9.80 Å². The first-order chi connectivity index (χ1) is 8.61. The maximum Gasteiger partial charge on any atom is 0.127 e. The number of rotatable bonds is 1. The molecule has 1 unspecified atom stereocenters. The second kappa shape index (κ2) is 3.91. The average Bonchev–Trinajstić information content (AvgIpc) is 2.87. The van der Waals surface area contributed by atoms with Gasteiger partial charge in [-0.05, 0) is 25.0 Å². The Kier molecular flexibility index (Phi) is 2.47. The van der Waals surface area contributed by atoms with Crippen molar-refractivity contribution in [1.82, 2.24) is 9.80 Å². The van der Waals surface area contributed by atoms with Crippen LogP contribution in [0.3, 0.4) is 0 Å². The molecule has 0 aromatic heterocycles. The molecule has 1 atom stereocenters. The van der Waals surface area contributed by atoms with Crippen molar-refractivity contribution in [2.45, 2.75) is 20.0 Å². The molecule has 3 aliphatic rings. The zero-order valence-corrected chi connectivity index (χ0v) is 11.5. The number of allylic oxidation sites excluding steroid dienone is 8. The summed E-state index contributed by atoms with van der Waals surface area (Å²) < 4.78 is 0. The topological polar surface area (TPSA) is 6.48 Å². The molecule has 0 saturated carbocycles. The van der Waals surface area contributed by atoms with Gasteiger partial charge in [-0.25, -0.2) is 0 Å². The minimum atomic E-state index is 0.345. The highest BCUT2D eigenvalue weighted by Gasteiger charge is 2.34. The van der Waals surface area contributed by atoms with Crippen molar-refractivity contribution in [3.8, 4) is 0 Å². The Bertz CT molecular complexity index is 513. The highest BCUT2D eigenvalue weighted by molar-refractivity contribution is 5.51. The van der Waals surface area contributed by atoms with Crippen LogP contribution >= 0.6 is 0 Å². The molecule has 94 valence electrons. The van der Waals surface area contributed by atoms with Crippen LogP contribution < -0.4 is 0 Å². The van der Waals surface area contributed by atoms with E-state index in [0.717, 1.165) is 0 Å². The molecular formula is C16H20N2. The third kappa shape index (κ3) is 1.41. The summed E-state index contributed by atoms with van der Waals surface area (Å²) in [5, 5.41) is 0. The van der Waals surface area contributed by atoms with Gasteiger partial charge in [-0.3, -0.25) is 0 Å². The van der Waals surface area contributed by atoms with Crippen LogP contribution in [0.15, 0.2) is 59.0 Å². The van der Waals surface area contributed by atoms with Crippen LogP contribution in [0.4, 0.5) is 0 Å². The molecule has 1 aliphatic heterocycles. The molecule has 2 aliphatic carbocycles. The van der Waals surface area contributed by atoms with Crippen molar-refractivity contribution in [3.63, 3.8) is 0 Å². The Labute approximate surface area is 109 Å². The number of hydrogen-bond donors (Lipinski definition) is 0. The molecule has 18 heavy (non-hydrogen) atoms. The first-order valence-corrected chi connectivity index (χ1v) is 6.51. The van der Waals surface area contributed by atoms with Gasteiger partial charge in [-0.1, -0.05) is 36.5 Å². The minimum Gasteiger partial charge on any atom is -0.353 e. The molecule has 0 spiro atoms. The molecule has 0 radical (unpaired) electrons. The Morgan fingerprint density at radius 2 is 1.50 bits per heavy atom. The Balaban J connectivity index is 2.01. The van der Waals surface area contributed by atoms with Crippen LogP contribution in [-0.2, 0) is 0 Å². The van der Waals surface area contributed by atoms with Crippen molar-refractivity contribution in [1.29, 1.82) is 0 Å². The zero-order chi connectivity index (χ0) is 12.9. The van der Waals surface area contributed by atoms with E-state index in [2.05, 4.69) is 74.2 Å². The second-order valence-electron chi connectivity index (χ2n) is 5.31. The van der Waals surface area contributed by atoms with E-state index in [1.54, 1.807) is 0 Å². The second-order valence-corrected chi connectivity index (χ2v) is 5.31. The van der Waals surface area contributed by atoms with Gasteiger partial charge in [0.2, 0.25) is 0 Å². The zero-order valence-electron chi connectivity index (χ0n) is 11.5. The molecule has 2 heteroatoms. The van der Waals surface area contributed by atoms with Crippen LogP contribution in [0.25, 0.3) is 0 Å². The standard InChI is InChI=1S/C16H20N2/c1-11-12(2)18(4)16(17(11)3)15-10-9-13-7-5-6-8-14(13)15/h5-10,13,16H,1-4H3. The fourth-order valence-corrected chi connectivity index (χ4v) is 3.11. The van der Waals surface area contributed by atoms with Gasteiger partial charge in [0.15, 0.2) is 0 Å². The lowest BCUT2D eigenvalue weighted by Crippen LogP contribution is -2.37. The lowest BCUT2D eigenvalue weighted by Gasteiger charge is -2.31. The summed E-state index contributed by atoms with van der Waals surface area (Å²) in [4.78, 5) is 4.74. The van der Waals surface area contributed by atoms with Crippen LogP contribution in [0.5, 0.6) is 0 Å². The molecule has 0 N–H and O–H groups in total. The largest absolute Gasteiger partial charge is 0.353 e. The Morgan fingerprint density at radius 3 is 2.17 bits per heavy atom. The third-order valence-electron chi connectivity index (χ3n) is 4.47. The number of nitrogens with zero attached hydrogens (tertiary/aromatic N) is 2. The van der Waals surface area contributed by atoms with Gasteiger partial charge >= 0.3 is 0 Å². The lowest BCUT2D eigenvalue weighted by atomic mass is 9.95. The first kappa shape index (κ1) is 11.4. The van der Waals surface area contributed by atoms with E-state index in [-0.39, 0.29) is 0 Å². The summed E-state index contributed by atoms with van der Waals surface area (Å²) in [5.41, 5.74) is 5.61. The fourth-order valence-electron chi connectivity index (χ4n) is 3.11. The molecule has 3 rings (SSSR count). The van der Waals surface area contributed by atoms with Gasteiger partial charge in [0.1, 0.15) is 6.17 Å². The van der Waals surface area contributed by atoms with Gasteiger partial charge in [0.05, 0.1) is 0 Å². The molecule has 0 amide bonds. The van der Waals surface area contributed by atoms with Gasteiger partial charge in [0.25, 0.3) is 0 Å². The highest BCUT2D eigenvalue weighted by Crippen LogP contribution is 2.38. The van der Waals surface area contributed by atoms with Crippen LogP contribution in [-0.4, -0.2) is 30.1 Å². The highest BCUT2D eigenvalue weighted by atomic mass is 15.4. The van der Waals surface area contributed by atoms with Gasteiger partial charge in [0, 0.05) is 31.4 Å². The molecule has 0 aromatic carbocycles. The molecule has 0 aromatic rings. The Hall–Kier alpha value is -1.70. The van der Waals surface area contributed by atoms with E-state index in [4.69, 9.17) is 0 Å². The lowest BCUT2D eigenvalue weighted by molar-refractivity contribution is 0.229. The average molecular weight is 240 g/mol. The van der Waals surface area contributed by atoms with E-state index in [1.807, 2.05) is 0 Å². The summed E-state index contributed by atoms with van der Waals surface area (Å²) in [5.74, 6) is 0.480. The van der Waals surface area contributed by atoms with Gasteiger partial charge in [-0.2, -0.15) is 0 Å². The number of hydrogen-bond acceptors (Lipinski definition) is 2. The predicted octanol–water partition coefficient (Wildman–Crippen LogP) is 3.05. The maximum atomic E-state index is 2.37. The van der Waals surface area contributed by atoms with E-state index < -0.39 is 0 Å². The number of fused-ring (bicyclic) bond motifs is 1. The SMILES string of the molecule is CC1=C(C)N(C)C(C2=C3C=CC=CC3C=C2)N1C.